The van der Waals surface area contributed by atoms with Crippen molar-refractivity contribution >= 4 is 23.2 Å². The van der Waals surface area contributed by atoms with Crippen molar-refractivity contribution in [3.8, 4) is 23.0 Å². The Labute approximate surface area is 198 Å². The average Bonchev–Trinajstić information content (AvgIpc) is 2.83. The first-order chi connectivity index (χ1) is 16.4. The number of amides is 2. The number of methoxy groups -OCH3 is 2. The third kappa shape index (κ3) is 6.65. The zero-order valence-corrected chi connectivity index (χ0v) is 19.6. The lowest BCUT2D eigenvalue weighted by Crippen LogP contribution is -2.23. The molecule has 0 aliphatic carbocycles. The second-order valence-electron chi connectivity index (χ2n) is 7.53. The Hall–Kier alpha value is -4.20. The summed E-state index contributed by atoms with van der Waals surface area (Å²) in [6, 6.07) is 17.8. The lowest BCUT2D eigenvalue weighted by molar-refractivity contribution is -0.119. The van der Waals surface area contributed by atoms with Gasteiger partial charge in [0, 0.05) is 0 Å². The van der Waals surface area contributed by atoms with Crippen LogP contribution in [0.3, 0.4) is 0 Å². The molecule has 8 heteroatoms. The molecule has 34 heavy (non-hydrogen) atoms. The van der Waals surface area contributed by atoms with Gasteiger partial charge in [-0.3, -0.25) is 9.59 Å². The maximum Gasteiger partial charge on any atom is 0.262 e. The van der Waals surface area contributed by atoms with E-state index in [2.05, 4.69) is 10.6 Å². The average molecular weight is 465 g/mol. The second-order valence-corrected chi connectivity index (χ2v) is 7.53. The molecule has 0 fully saturated rings. The summed E-state index contributed by atoms with van der Waals surface area (Å²) in [7, 11) is 3.08. The number of carbonyl (C=O) groups excluding carboxylic acids is 2. The summed E-state index contributed by atoms with van der Waals surface area (Å²) >= 11 is 0. The molecule has 2 amide bonds. The monoisotopic (exact) mass is 464 g/mol. The largest absolute Gasteiger partial charge is 0.493 e. The highest BCUT2D eigenvalue weighted by molar-refractivity contribution is 6.00. The van der Waals surface area contributed by atoms with Gasteiger partial charge in [0.15, 0.2) is 36.2 Å². The van der Waals surface area contributed by atoms with Crippen LogP contribution in [0.15, 0.2) is 60.7 Å². The number of para-hydroxylation sites is 2. The molecule has 3 rings (SSSR count). The van der Waals surface area contributed by atoms with E-state index < -0.39 is 0 Å². The molecule has 0 aliphatic rings. The number of anilines is 2. The van der Waals surface area contributed by atoms with Crippen molar-refractivity contribution in [3.05, 3.63) is 71.8 Å². The van der Waals surface area contributed by atoms with Crippen molar-refractivity contribution in [2.75, 3.05) is 38.1 Å². The first kappa shape index (κ1) is 24.4. The number of rotatable bonds is 10. The standard InChI is InChI=1S/C26H28N2O6/c1-17-9-11-21(23(13-17)31-3)33-15-25(29)27-19-7-5-6-8-20(19)28-26(30)16-34-22-12-10-18(2)14-24(22)32-4/h5-14H,15-16H2,1-4H3,(H,27,29)(H,28,30). The highest BCUT2D eigenvalue weighted by Gasteiger charge is 2.13. The van der Waals surface area contributed by atoms with E-state index in [4.69, 9.17) is 18.9 Å². The van der Waals surface area contributed by atoms with Crippen molar-refractivity contribution in [3.63, 3.8) is 0 Å². The number of benzene rings is 3. The third-order valence-electron chi connectivity index (χ3n) is 4.83. The van der Waals surface area contributed by atoms with Crippen LogP contribution in [0.4, 0.5) is 11.4 Å². The summed E-state index contributed by atoms with van der Waals surface area (Å²) in [5.74, 6) is 1.26. The molecule has 0 aliphatic heterocycles. The van der Waals surface area contributed by atoms with Gasteiger partial charge in [0.1, 0.15) is 0 Å². The second kappa shape index (κ2) is 11.6. The molecule has 0 saturated carbocycles. The van der Waals surface area contributed by atoms with E-state index in [0.717, 1.165) is 11.1 Å². The maximum absolute atomic E-state index is 12.5. The molecule has 0 heterocycles. The maximum atomic E-state index is 12.5. The van der Waals surface area contributed by atoms with Gasteiger partial charge in [-0.25, -0.2) is 0 Å². The molecule has 0 aromatic heterocycles. The van der Waals surface area contributed by atoms with Gasteiger partial charge in [-0.05, 0) is 61.4 Å². The van der Waals surface area contributed by atoms with Crippen LogP contribution in [0.1, 0.15) is 11.1 Å². The van der Waals surface area contributed by atoms with E-state index in [1.807, 2.05) is 38.1 Å². The van der Waals surface area contributed by atoms with Crippen molar-refractivity contribution in [1.29, 1.82) is 0 Å². The van der Waals surface area contributed by atoms with Crippen LogP contribution >= 0.6 is 0 Å². The van der Waals surface area contributed by atoms with Crippen molar-refractivity contribution in [2.24, 2.45) is 0 Å². The fourth-order valence-corrected chi connectivity index (χ4v) is 3.15. The van der Waals surface area contributed by atoms with Crippen LogP contribution in [-0.2, 0) is 9.59 Å². The highest BCUT2D eigenvalue weighted by Crippen LogP contribution is 2.29. The molecular formula is C26H28N2O6. The molecule has 0 saturated heterocycles. The molecule has 178 valence electrons. The van der Waals surface area contributed by atoms with Gasteiger partial charge < -0.3 is 29.6 Å². The Morgan fingerprint density at radius 3 is 1.44 bits per heavy atom. The fourth-order valence-electron chi connectivity index (χ4n) is 3.15. The number of hydrogen-bond acceptors (Lipinski definition) is 6. The molecule has 8 nitrogen and oxygen atoms in total. The zero-order chi connectivity index (χ0) is 24.5. The van der Waals surface area contributed by atoms with Gasteiger partial charge in [-0.15, -0.1) is 0 Å². The molecule has 0 spiro atoms. The van der Waals surface area contributed by atoms with Gasteiger partial charge in [0.05, 0.1) is 25.6 Å². The summed E-state index contributed by atoms with van der Waals surface area (Å²) in [4.78, 5) is 24.9. The fraction of sp³-hybridized carbons (Fsp3) is 0.231. The van der Waals surface area contributed by atoms with E-state index in [9.17, 15) is 9.59 Å². The number of carbonyl (C=O) groups is 2. The quantitative estimate of drug-likeness (QED) is 0.463. The topological polar surface area (TPSA) is 95.1 Å². The summed E-state index contributed by atoms with van der Waals surface area (Å²) < 4.78 is 21.8. The van der Waals surface area contributed by atoms with Crippen molar-refractivity contribution in [1.82, 2.24) is 0 Å². The van der Waals surface area contributed by atoms with E-state index in [1.165, 1.54) is 0 Å². The lowest BCUT2D eigenvalue weighted by atomic mass is 10.2. The Morgan fingerprint density at radius 1 is 0.647 bits per heavy atom. The molecule has 0 unspecified atom stereocenters. The van der Waals surface area contributed by atoms with Crippen LogP contribution in [0.25, 0.3) is 0 Å². The van der Waals surface area contributed by atoms with Crippen LogP contribution in [0, 0.1) is 13.8 Å². The van der Waals surface area contributed by atoms with Crippen molar-refractivity contribution in [2.45, 2.75) is 13.8 Å². The first-order valence-corrected chi connectivity index (χ1v) is 10.6. The molecule has 0 bridgehead atoms. The van der Waals surface area contributed by atoms with Gasteiger partial charge in [0.2, 0.25) is 0 Å². The number of hydrogen-bond donors (Lipinski definition) is 2. The highest BCUT2D eigenvalue weighted by atomic mass is 16.5. The minimum Gasteiger partial charge on any atom is -0.493 e. The first-order valence-electron chi connectivity index (χ1n) is 10.6. The lowest BCUT2D eigenvalue weighted by Gasteiger charge is -2.15. The van der Waals surface area contributed by atoms with E-state index in [-0.39, 0.29) is 25.0 Å². The Bertz CT molecular complexity index is 1070. The Morgan fingerprint density at radius 2 is 1.06 bits per heavy atom. The van der Waals surface area contributed by atoms with Crippen LogP contribution in [-0.4, -0.2) is 39.2 Å². The summed E-state index contributed by atoms with van der Waals surface area (Å²) in [6.45, 7) is 3.43. The molecule has 2 N–H and O–H groups in total. The number of aryl methyl sites for hydroxylation is 2. The third-order valence-corrected chi connectivity index (χ3v) is 4.83. The normalized spacial score (nSPS) is 10.2. The Balaban J connectivity index is 1.58. The number of nitrogens with one attached hydrogen (secondary N) is 2. The molecule has 3 aromatic rings. The van der Waals surface area contributed by atoms with E-state index in [0.29, 0.717) is 34.4 Å². The Kier molecular flexibility index (Phi) is 8.34. The van der Waals surface area contributed by atoms with Crippen LogP contribution in [0.2, 0.25) is 0 Å². The number of ether oxygens (including phenoxy) is 4. The van der Waals surface area contributed by atoms with E-state index in [1.54, 1.807) is 50.6 Å². The molecule has 3 aromatic carbocycles. The summed E-state index contributed by atoms with van der Waals surface area (Å²) in [5, 5.41) is 5.51. The summed E-state index contributed by atoms with van der Waals surface area (Å²) in [5.41, 5.74) is 2.91. The summed E-state index contributed by atoms with van der Waals surface area (Å²) in [6.07, 6.45) is 0. The minimum absolute atomic E-state index is 0.224. The van der Waals surface area contributed by atoms with Crippen molar-refractivity contribution < 1.29 is 28.5 Å². The predicted octanol–water partition coefficient (Wildman–Crippen LogP) is 4.36. The molecule has 0 atom stereocenters. The van der Waals surface area contributed by atoms with Gasteiger partial charge in [0.25, 0.3) is 11.8 Å². The zero-order valence-electron chi connectivity index (χ0n) is 19.6. The predicted molar refractivity (Wildman–Crippen MR) is 130 cm³/mol. The van der Waals surface area contributed by atoms with Crippen LogP contribution in [0.5, 0.6) is 23.0 Å². The van der Waals surface area contributed by atoms with Crippen LogP contribution < -0.4 is 29.6 Å². The molecular weight excluding hydrogens is 436 g/mol. The van der Waals surface area contributed by atoms with Gasteiger partial charge in [-0.1, -0.05) is 24.3 Å². The SMILES string of the molecule is COc1cc(C)ccc1OCC(=O)Nc1ccccc1NC(=O)COc1ccc(C)cc1OC. The van der Waals surface area contributed by atoms with E-state index >= 15 is 0 Å². The minimum atomic E-state index is -0.384. The smallest absolute Gasteiger partial charge is 0.262 e. The van der Waals surface area contributed by atoms with Gasteiger partial charge >= 0.3 is 0 Å². The molecule has 0 radical (unpaired) electrons. The van der Waals surface area contributed by atoms with Gasteiger partial charge in [-0.2, -0.15) is 0 Å².